The molecular weight excluding hydrogens is 275 g/mol. The molecule has 1 unspecified atom stereocenters. The van der Waals surface area contributed by atoms with E-state index in [1.807, 2.05) is 0 Å². The van der Waals surface area contributed by atoms with E-state index in [2.05, 4.69) is 5.16 Å². The van der Waals surface area contributed by atoms with Gasteiger partial charge in [-0.25, -0.2) is 8.42 Å². The van der Waals surface area contributed by atoms with Crippen molar-refractivity contribution in [1.82, 2.24) is 4.90 Å². The van der Waals surface area contributed by atoms with E-state index < -0.39 is 34.3 Å². The minimum atomic E-state index is -4.63. The van der Waals surface area contributed by atoms with Gasteiger partial charge in [-0.05, 0) is 0 Å². The lowest BCUT2D eigenvalue weighted by molar-refractivity contribution is -0.160. The Hall–Kier alpha value is -1.03. The van der Waals surface area contributed by atoms with Gasteiger partial charge in [0.25, 0.3) is 0 Å². The molecule has 0 aromatic rings. The Morgan fingerprint density at radius 2 is 1.89 bits per heavy atom. The molecule has 6 nitrogen and oxygen atoms in total. The van der Waals surface area contributed by atoms with Crippen LogP contribution in [0.5, 0.6) is 0 Å². The van der Waals surface area contributed by atoms with E-state index >= 15 is 0 Å². The third kappa shape index (κ3) is 4.02. The van der Waals surface area contributed by atoms with Gasteiger partial charge in [-0.15, -0.1) is 0 Å². The lowest BCUT2D eigenvalue weighted by atomic mass is 10.1. The molecule has 0 bridgehead atoms. The zero-order valence-electron chi connectivity index (χ0n) is 9.39. The van der Waals surface area contributed by atoms with Crippen LogP contribution in [-0.2, 0) is 9.84 Å². The molecule has 0 spiro atoms. The molecule has 1 heterocycles. The number of amidine groups is 1. The number of rotatable bonds is 3. The highest BCUT2D eigenvalue weighted by Crippen LogP contribution is 2.27. The van der Waals surface area contributed by atoms with E-state index in [0.29, 0.717) is 0 Å². The summed E-state index contributed by atoms with van der Waals surface area (Å²) >= 11 is 0. The molecule has 0 aromatic carbocycles. The zero-order valence-corrected chi connectivity index (χ0v) is 10.2. The SMILES string of the molecule is NC(=NO)C(CN1CCS(=O)(=O)CC1)C(F)(F)F. The smallest absolute Gasteiger partial charge is 0.400 e. The van der Waals surface area contributed by atoms with E-state index in [4.69, 9.17) is 10.9 Å². The van der Waals surface area contributed by atoms with Crippen LogP contribution in [-0.4, -0.2) is 61.7 Å². The molecule has 0 saturated carbocycles. The van der Waals surface area contributed by atoms with Crippen molar-refractivity contribution in [3.8, 4) is 0 Å². The van der Waals surface area contributed by atoms with Crippen LogP contribution in [0, 0.1) is 5.92 Å². The maximum absolute atomic E-state index is 12.6. The van der Waals surface area contributed by atoms with Crippen LogP contribution < -0.4 is 5.73 Å². The summed E-state index contributed by atoms with van der Waals surface area (Å²) < 4.78 is 60.2. The highest BCUT2D eigenvalue weighted by Gasteiger charge is 2.44. The van der Waals surface area contributed by atoms with Crippen molar-refractivity contribution in [3.05, 3.63) is 0 Å². The first-order chi connectivity index (χ1) is 8.15. The fraction of sp³-hybridized carbons (Fsp3) is 0.875. The first-order valence-corrected chi connectivity index (χ1v) is 6.95. The minimum absolute atomic E-state index is 0.0215. The molecule has 0 aromatic heterocycles. The molecule has 10 heteroatoms. The Labute approximate surface area is 102 Å². The normalized spacial score (nSPS) is 23.8. The molecule has 1 saturated heterocycles. The molecule has 1 aliphatic rings. The Balaban J connectivity index is 2.69. The summed E-state index contributed by atoms with van der Waals surface area (Å²) in [6.45, 7) is -0.462. The van der Waals surface area contributed by atoms with Gasteiger partial charge in [0.05, 0.1) is 11.5 Å². The van der Waals surface area contributed by atoms with Gasteiger partial charge in [-0.3, -0.25) is 0 Å². The number of hydrogen-bond acceptors (Lipinski definition) is 5. The van der Waals surface area contributed by atoms with Crippen molar-refractivity contribution >= 4 is 15.7 Å². The molecule has 106 valence electrons. The lowest BCUT2D eigenvalue weighted by Gasteiger charge is -2.30. The largest absolute Gasteiger partial charge is 0.409 e. The Morgan fingerprint density at radius 1 is 1.39 bits per heavy atom. The van der Waals surface area contributed by atoms with Gasteiger partial charge in [0.15, 0.2) is 15.7 Å². The van der Waals surface area contributed by atoms with Crippen molar-refractivity contribution in [2.75, 3.05) is 31.1 Å². The maximum atomic E-state index is 12.6. The van der Waals surface area contributed by atoms with Crippen LogP contribution >= 0.6 is 0 Å². The number of hydrogen-bond donors (Lipinski definition) is 2. The van der Waals surface area contributed by atoms with Crippen LogP contribution in [0.15, 0.2) is 5.16 Å². The number of halogens is 3. The monoisotopic (exact) mass is 289 g/mol. The summed E-state index contributed by atoms with van der Waals surface area (Å²) in [5, 5.41) is 10.7. The molecule has 1 fully saturated rings. The van der Waals surface area contributed by atoms with Gasteiger partial charge >= 0.3 is 6.18 Å². The molecule has 18 heavy (non-hydrogen) atoms. The summed E-state index contributed by atoms with van der Waals surface area (Å²) in [5.41, 5.74) is 5.01. The van der Waals surface area contributed by atoms with Gasteiger partial charge in [0, 0.05) is 19.6 Å². The van der Waals surface area contributed by atoms with Crippen LogP contribution in [0.4, 0.5) is 13.2 Å². The van der Waals surface area contributed by atoms with E-state index in [0.717, 1.165) is 0 Å². The second kappa shape index (κ2) is 5.31. The molecule has 1 aliphatic heterocycles. The minimum Gasteiger partial charge on any atom is -0.409 e. The fourth-order valence-electron chi connectivity index (χ4n) is 1.63. The van der Waals surface area contributed by atoms with Crippen LogP contribution in [0.3, 0.4) is 0 Å². The number of sulfone groups is 1. The van der Waals surface area contributed by atoms with E-state index in [-0.39, 0.29) is 24.6 Å². The Kier molecular flexibility index (Phi) is 4.43. The van der Waals surface area contributed by atoms with Crippen molar-refractivity contribution < 1.29 is 26.8 Å². The van der Waals surface area contributed by atoms with E-state index in [9.17, 15) is 21.6 Å². The Morgan fingerprint density at radius 3 is 2.28 bits per heavy atom. The average molecular weight is 289 g/mol. The van der Waals surface area contributed by atoms with Crippen molar-refractivity contribution in [2.24, 2.45) is 16.8 Å². The standard InChI is InChI=1S/C8H14F3N3O3S/c9-8(10,11)6(7(12)13-15)5-14-1-3-18(16,17)4-2-14/h6,15H,1-5H2,(H2,12,13). The first kappa shape index (κ1) is 15.0. The van der Waals surface area contributed by atoms with Gasteiger partial charge in [0.1, 0.15) is 5.92 Å². The highest BCUT2D eigenvalue weighted by molar-refractivity contribution is 7.91. The van der Waals surface area contributed by atoms with Crippen LogP contribution in [0.25, 0.3) is 0 Å². The molecule has 0 amide bonds. The van der Waals surface area contributed by atoms with Crippen LogP contribution in [0.1, 0.15) is 0 Å². The number of nitrogens with zero attached hydrogens (tertiary/aromatic N) is 2. The Bertz CT molecular complexity index is 407. The van der Waals surface area contributed by atoms with E-state index in [1.54, 1.807) is 0 Å². The lowest BCUT2D eigenvalue weighted by Crippen LogP contribution is -2.48. The van der Waals surface area contributed by atoms with Crippen molar-refractivity contribution in [1.29, 1.82) is 0 Å². The topological polar surface area (TPSA) is 96.0 Å². The van der Waals surface area contributed by atoms with Gasteiger partial charge in [0.2, 0.25) is 0 Å². The third-order valence-electron chi connectivity index (χ3n) is 2.75. The number of alkyl halides is 3. The quantitative estimate of drug-likeness (QED) is 0.320. The maximum Gasteiger partial charge on any atom is 0.400 e. The van der Waals surface area contributed by atoms with Crippen molar-refractivity contribution in [2.45, 2.75) is 6.18 Å². The third-order valence-corrected chi connectivity index (χ3v) is 4.35. The molecule has 0 aliphatic carbocycles. The predicted octanol–water partition coefficient (Wildman–Crippen LogP) is -0.358. The van der Waals surface area contributed by atoms with Gasteiger partial charge in [-0.1, -0.05) is 5.16 Å². The summed E-state index contributed by atoms with van der Waals surface area (Å²) in [6, 6.07) is 0. The van der Waals surface area contributed by atoms with Crippen LogP contribution in [0.2, 0.25) is 0 Å². The van der Waals surface area contributed by atoms with E-state index in [1.165, 1.54) is 4.90 Å². The second-order valence-corrected chi connectivity index (χ2v) is 6.38. The number of oxime groups is 1. The molecular formula is C8H14F3N3O3S. The average Bonchev–Trinajstić information content (AvgIpc) is 2.25. The summed E-state index contributed by atoms with van der Waals surface area (Å²) in [5.74, 6) is -3.36. The number of nitrogens with two attached hydrogens (primary N) is 1. The van der Waals surface area contributed by atoms with Gasteiger partial charge < -0.3 is 15.8 Å². The first-order valence-electron chi connectivity index (χ1n) is 5.12. The molecule has 1 rings (SSSR count). The highest BCUT2D eigenvalue weighted by atomic mass is 32.2. The molecule has 3 N–H and O–H groups in total. The zero-order chi connectivity index (χ0) is 14.0. The molecule has 0 radical (unpaired) electrons. The van der Waals surface area contributed by atoms with Crippen molar-refractivity contribution in [3.63, 3.8) is 0 Å². The fourth-order valence-corrected chi connectivity index (χ4v) is 2.90. The second-order valence-electron chi connectivity index (χ2n) is 4.07. The summed E-state index contributed by atoms with van der Waals surface area (Å²) in [4.78, 5) is 1.34. The van der Waals surface area contributed by atoms with Gasteiger partial charge in [-0.2, -0.15) is 13.2 Å². The summed E-state index contributed by atoms with van der Waals surface area (Å²) in [7, 11) is -3.15. The summed E-state index contributed by atoms with van der Waals surface area (Å²) in [6.07, 6.45) is -4.63. The molecule has 1 atom stereocenters. The predicted molar refractivity (Wildman–Crippen MR) is 58.0 cm³/mol.